The second-order valence-electron chi connectivity index (χ2n) is 5.90. The van der Waals surface area contributed by atoms with Crippen LogP contribution in [0.5, 0.6) is 5.75 Å². The highest BCUT2D eigenvalue weighted by molar-refractivity contribution is 9.10. The van der Waals surface area contributed by atoms with Gasteiger partial charge in [-0.05, 0) is 19.1 Å². The first kappa shape index (κ1) is 21.4. The Labute approximate surface area is 172 Å². The van der Waals surface area contributed by atoms with E-state index >= 15 is 0 Å². The van der Waals surface area contributed by atoms with Gasteiger partial charge in [0.2, 0.25) is 11.6 Å². The van der Waals surface area contributed by atoms with Crippen LogP contribution < -0.4 is 5.01 Å². The topological polar surface area (TPSA) is 96.0 Å². The quantitative estimate of drug-likeness (QED) is 0.170. The Morgan fingerprint density at radius 3 is 2.17 bits per heavy atom. The van der Waals surface area contributed by atoms with Crippen LogP contribution in [0.2, 0.25) is 0 Å². The number of nitro benzene ring substituents is 1. The van der Waals surface area contributed by atoms with Gasteiger partial charge in [-0.1, -0.05) is 15.9 Å². The number of phenols is 1. The molecular weight excluding hydrogens is 485 g/mol. The number of hydrogen-bond acceptors (Lipinski definition) is 5. The number of hydrazone groups is 1. The molecular formula is C17H7BrF5N3O4. The van der Waals surface area contributed by atoms with Crippen LogP contribution in [0.25, 0.3) is 6.08 Å². The van der Waals surface area contributed by atoms with Crippen LogP contribution in [0.4, 0.5) is 33.3 Å². The van der Waals surface area contributed by atoms with Gasteiger partial charge in [-0.15, -0.1) is 0 Å². The molecule has 1 aliphatic rings. The third kappa shape index (κ3) is 3.30. The van der Waals surface area contributed by atoms with E-state index in [-0.39, 0.29) is 20.8 Å². The Balaban J connectivity index is 2.15. The summed E-state index contributed by atoms with van der Waals surface area (Å²) in [5.41, 5.74) is -3.11. The summed E-state index contributed by atoms with van der Waals surface area (Å²) >= 11 is 3.00. The zero-order valence-electron chi connectivity index (χ0n) is 14.5. The van der Waals surface area contributed by atoms with Gasteiger partial charge in [0.05, 0.1) is 16.2 Å². The minimum absolute atomic E-state index is 0.0130. The lowest BCUT2D eigenvalue weighted by atomic mass is 10.1. The largest absolute Gasteiger partial charge is 0.502 e. The number of carbonyl (C=O) groups excluding carboxylic acids is 1. The highest BCUT2D eigenvalue weighted by atomic mass is 79.9. The van der Waals surface area contributed by atoms with E-state index in [4.69, 9.17) is 0 Å². The smallest absolute Gasteiger partial charge is 0.312 e. The molecule has 0 atom stereocenters. The number of amides is 1. The monoisotopic (exact) mass is 491 g/mol. The lowest BCUT2D eigenvalue weighted by Gasteiger charge is -2.15. The third-order valence-electron chi connectivity index (χ3n) is 4.04. The minimum Gasteiger partial charge on any atom is -0.502 e. The van der Waals surface area contributed by atoms with E-state index in [9.17, 15) is 42.0 Å². The van der Waals surface area contributed by atoms with Crippen LogP contribution in [0.1, 0.15) is 12.5 Å². The number of rotatable bonds is 3. The average Bonchev–Trinajstić information content (AvgIpc) is 2.95. The molecule has 0 radical (unpaired) electrons. The number of nitrogens with zero attached hydrogens (tertiary/aromatic N) is 3. The summed E-state index contributed by atoms with van der Waals surface area (Å²) in [5.74, 6) is -13.5. The molecule has 1 heterocycles. The highest BCUT2D eigenvalue weighted by Crippen LogP contribution is 2.37. The SMILES string of the molecule is CC1=NN(c2c(F)c(F)c(F)c(F)c2F)C(=O)/C1=C\c1cc(Br)cc([N+](=O)[O-])c1O. The summed E-state index contributed by atoms with van der Waals surface area (Å²) in [4.78, 5) is 22.7. The molecule has 1 amide bonds. The molecule has 0 unspecified atom stereocenters. The molecule has 2 aromatic carbocycles. The molecule has 30 heavy (non-hydrogen) atoms. The van der Waals surface area contributed by atoms with E-state index in [0.717, 1.165) is 12.1 Å². The van der Waals surface area contributed by atoms with Crippen molar-refractivity contribution in [2.75, 3.05) is 5.01 Å². The fraction of sp³-hybridized carbons (Fsp3) is 0.0588. The Morgan fingerprint density at radius 1 is 1.10 bits per heavy atom. The summed E-state index contributed by atoms with van der Waals surface area (Å²) in [6, 6.07) is 2.20. The lowest BCUT2D eigenvalue weighted by Crippen LogP contribution is -2.25. The standard InChI is InChI=1S/C17H7BrF5N3O4/c1-5-8(3-6-2-7(18)4-9(16(6)27)26(29)30)17(28)25(24-5)15-13(22)11(20)10(19)12(21)14(15)23/h2-4,27H,1H3/b8-3-. The first-order valence-corrected chi connectivity index (χ1v) is 8.55. The summed E-state index contributed by atoms with van der Waals surface area (Å²) in [7, 11) is 0. The van der Waals surface area contributed by atoms with Gasteiger partial charge in [0, 0.05) is 16.1 Å². The van der Waals surface area contributed by atoms with Crippen LogP contribution >= 0.6 is 15.9 Å². The summed E-state index contributed by atoms with van der Waals surface area (Å²) in [6.45, 7) is 1.19. The molecule has 1 aliphatic heterocycles. The van der Waals surface area contributed by atoms with Crippen LogP contribution in [0, 0.1) is 39.2 Å². The van der Waals surface area contributed by atoms with Crippen molar-refractivity contribution in [1.29, 1.82) is 0 Å². The number of nitro groups is 1. The van der Waals surface area contributed by atoms with E-state index in [1.54, 1.807) is 0 Å². The summed E-state index contributed by atoms with van der Waals surface area (Å²) in [5, 5.41) is 24.6. The van der Waals surface area contributed by atoms with Crippen LogP contribution in [-0.4, -0.2) is 21.6 Å². The zero-order chi connectivity index (χ0) is 22.5. The van der Waals surface area contributed by atoms with Gasteiger partial charge in [-0.3, -0.25) is 14.9 Å². The molecule has 13 heteroatoms. The Hall–Kier alpha value is -3.35. The van der Waals surface area contributed by atoms with Gasteiger partial charge in [-0.25, -0.2) is 22.0 Å². The first-order valence-electron chi connectivity index (χ1n) is 7.75. The maximum absolute atomic E-state index is 14.0. The zero-order valence-corrected chi connectivity index (χ0v) is 16.1. The molecule has 0 fully saturated rings. The van der Waals surface area contributed by atoms with Gasteiger partial charge in [0.1, 0.15) is 5.69 Å². The van der Waals surface area contributed by atoms with E-state index in [1.165, 1.54) is 13.0 Å². The maximum atomic E-state index is 14.0. The number of halogens is 6. The number of aromatic hydroxyl groups is 1. The Kier molecular flexibility index (Phi) is 5.33. The highest BCUT2D eigenvalue weighted by Gasteiger charge is 2.37. The predicted molar refractivity (Wildman–Crippen MR) is 97.3 cm³/mol. The van der Waals surface area contributed by atoms with Gasteiger partial charge in [-0.2, -0.15) is 10.1 Å². The van der Waals surface area contributed by atoms with Crippen LogP contribution in [0.3, 0.4) is 0 Å². The molecule has 0 aliphatic carbocycles. The van der Waals surface area contributed by atoms with Crippen molar-refractivity contribution in [3.05, 3.63) is 66.9 Å². The molecule has 0 bridgehead atoms. The summed E-state index contributed by atoms with van der Waals surface area (Å²) in [6.07, 6.45) is 0.931. The first-order chi connectivity index (χ1) is 14.0. The van der Waals surface area contributed by atoms with Crippen LogP contribution in [0.15, 0.2) is 27.3 Å². The fourth-order valence-corrected chi connectivity index (χ4v) is 3.09. The second-order valence-corrected chi connectivity index (χ2v) is 6.81. The summed E-state index contributed by atoms with van der Waals surface area (Å²) < 4.78 is 68.4. The normalized spacial score (nSPS) is 15.2. The molecule has 0 saturated carbocycles. The molecule has 0 aromatic heterocycles. The molecule has 2 aromatic rings. The van der Waals surface area contributed by atoms with Gasteiger partial charge >= 0.3 is 5.69 Å². The van der Waals surface area contributed by atoms with E-state index in [0.29, 0.717) is 0 Å². The number of anilines is 1. The average molecular weight is 492 g/mol. The number of carbonyl (C=O) groups is 1. The van der Waals surface area contributed by atoms with Gasteiger partial charge in [0.15, 0.2) is 23.3 Å². The van der Waals surface area contributed by atoms with Crippen molar-refractivity contribution in [1.82, 2.24) is 0 Å². The van der Waals surface area contributed by atoms with Crippen molar-refractivity contribution >= 4 is 45.0 Å². The third-order valence-corrected chi connectivity index (χ3v) is 4.50. The second kappa shape index (κ2) is 7.48. The van der Waals surface area contributed by atoms with Gasteiger partial charge in [0.25, 0.3) is 5.91 Å². The Bertz CT molecular complexity index is 1170. The van der Waals surface area contributed by atoms with Crippen molar-refractivity contribution < 1.29 is 36.8 Å². The van der Waals surface area contributed by atoms with Crippen molar-refractivity contribution in [2.24, 2.45) is 5.10 Å². The van der Waals surface area contributed by atoms with Gasteiger partial charge < -0.3 is 5.11 Å². The van der Waals surface area contributed by atoms with Crippen LogP contribution in [-0.2, 0) is 4.79 Å². The fourth-order valence-electron chi connectivity index (χ4n) is 2.63. The van der Waals surface area contributed by atoms with E-state index in [2.05, 4.69) is 21.0 Å². The van der Waals surface area contributed by atoms with Crippen molar-refractivity contribution in [2.45, 2.75) is 6.92 Å². The maximum Gasteiger partial charge on any atom is 0.312 e. The number of benzene rings is 2. The molecule has 1 N–H and O–H groups in total. The Morgan fingerprint density at radius 2 is 1.63 bits per heavy atom. The molecule has 0 spiro atoms. The van der Waals surface area contributed by atoms with Crippen molar-refractivity contribution in [3.8, 4) is 5.75 Å². The van der Waals surface area contributed by atoms with E-state index < -0.39 is 62.6 Å². The minimum atomic E-state index is -2.40. The number of hydrogen-bond donors (Lipinski definition) is 1. The number of phenolic OH excluding ortho intramolecular Hbond substituents is 1. The molecule has 156 valence electrons. The molecule has 3 rings (SSSR count). The molecule has 0 saturated heterocycles. The lowest BCUT2D eigenvalue weighted by molar-refractivity contribution is -0.385. The molecule has 7 nitrogen and oxygen atoms in total. The van der Waals surface area contributed by atoms with Crippen molar-refractivity contribution in [3.63, 3.8) is 0 Å². The predicted octanol–water partition coefficient (Wildman–Crippen LogP) is 4.56. The van der Waals surface area contributed by atoms with E-state index in [1.807, 2.05) is 0 Å².